The van der Waals surface area contributed by atoms with Gasteiger partial charge in [0.1, 0.15) is 0 Å². The Morgan fingerprint density at radius 1 is 1.40 bits per heavy atom. The maximum atomic E-state index is 11.4. The molecule has 3 heteroatoms. The molecule has 20 heavy (non-hydrogen) atoms. The summed E-state index contributed by atoms with van der Waals surface area (Å²) in [5, 5.41) is 10.6. The number of nitrogens with one attached hydrogen (secondary N) is 1. The van der Waals surface area contributed by atoms with Crippen molar-refractivity contribution < 1.29 is 9.90 Å². The molecule has 0 unspecified atom stereocenters. The predicted molar refractivity (Wildman–Crippen MR) is 80.1 cm³/mol. The quantitative estimate of drug-likeness (QED) is 0.882. The number of hydrogen-bond acceptors (Lipinski definition) is 1. The van der Waals surface area contributed by atoms with Crippen molar-refractivity contribution in [1.29, 1.82) is 0 Å². The summed E-state index contributed by atoms with van der Waals surface area (Å²) in [5.41, 5.74) is 3.48. The summed E-state index contributed by atoms with van der Waals surface area (Å²) in [4.78, 5) is 14.9. The van der Waals surface area contributed by atoms with Crippen LogP contribution in [0.4, 0.5) is 0 Å². The maximum absolute atomic E-state index is 11.4. The second-order valence-electron chi connectivity index (χ2n) is 5.98. The number of aromatic amines is 1. The molecule has 0 fully saturated rings. The molecule has 2 aromatic rings. The number of fused-ring (bicyclic) bond motifs is 3. The van der Waals surface area contributed by atoms with Crippen LogP contribution in [-0.2, 0) is 16.6 Å². The van der Waals surface area contributed by atoms with Gasteiger partial charge in [-0.3, -0.25) is 4.79 Å². The van der Waals surface area contributed by atoms with Crippen molar-refractivity contribution in [2.45, 2.75) is 50.9 Å². The summed E-state index contributed by atoms with van der Waals surface area (Å²) in [7, 11) is 0. The molecule has 1 aliphatic carbocycles. The van der Waals surface area contributed by atoms with Gasteiger partial charge < -0.3 is 10.1 Å². The first kappa shape index (κ1) is 13.2. The van der Waals surface area contributed by atoms with Crippen LogP contribution in [0.2, 0.25) is 0 Å². The molecule has 3 nitrogen and oxygen atoms in total. The minimum atomic E-state index is -0.690. The summed E-state index contributed by atoms with van der Waals surface area (Å²) in [6.07, 6.45) is 5.32. The molecule has 1 atom stereocenters. The lowest BCUT2D eigenvalue weighted by molar-refractivity contribution is -0.138. The zero-order chi connectivity index (χ0) is 14.2. The average molecular weight is 271 g/mol. The Balaban J connectivity index is 2.18. The molecule has 1 aromatic heterocycles. The minimum absolute atomic E-state index is 0.201. The smallest absolute Gasteiger partial charge is 0.304 e. The van der Waals surface area contributed by atoms with Gasteiger partial charge >= 0.3 is 5.97 Å². The van der Waals surface area contributed by atoms with Crippen molar-refractivity contribution in [2.24, 2.45) is 0 Å². The van der Waals surface area contributed by atoms with Gasteiger partial charge in [0.15, 0.2) is 0 Å². The highest BCUT2D eigenvalue weighted by Crippen LogP contribution is 2.45. The Labute approximate surface area is 119 Å². The highest BCUT2D eigenvalue weighted by Gasteiger charge is 2.39. The number of benzene rings is 1. The van der Waals surface area contributed by atoms with Crippen molar-refractivity contribution in [3.8, 4) is 0 Å². The van der Waals surface area contributed by atoms with Gasteiger partial charge in [0.25, 0.3) is 0 Å². The Bertz CT molecular complexity index is 643. The van der Waals surface area contributed by atoms with E-state index in [9.17, 15) is 9.90 Å². The van der Waals surface area contributed by atoms with Crippen molar-refractivity contribution >= 4 is 16.9 Å². The molecule has 0 radical (unpaired) electrons. The second-order valence-corrected chi connectivity index (χ2v) is 5.98. The molecule has 0 amide bonds. The Hall–Kier alpha value is -1.77. The lowest BCUT2D eigenvalue weighted by Gasteiger charge is -2.36. The van der Waals surface area contributed by atoms with E-state index in [2.05, 4.69) is 30.1 Å². The summed E-state index contributed by atoms with van der Waals surface area (Å²) in [6.45, 7) is 2.14. The van der Waals surface area contributed by atoms with Crippen LogP contribution in [0.1, 0.15) is 50.3 Å². The molecular formula is C17H21NO2. The molecule has 0 saturated carbocycles. The van der Waals surface area contributed by atoms with Crippen molar-refractivity contribution in [3.05, 3.63) is 35.5 Å². The summed E-state index contributed by atoms with van der Waals surface area (Å²) < 4.78 is 0. The van der Waals surface area contributed by atoms with E-state index in [4.69, 9.17) is 0 Å². The van der Waals surface area contributed by atoms with Crippen LogP contribution in [-0.4, -0.2) is 16.1 Å². The van der Waals surface area contributed by atoms with E-state index in [1.807, 2.05) is 6.07 Å². The highest BCUT2D eigenvalue weighted by molar-refractivity contribution is 5.85. The lowest BCUT2D eigenvalue weighted by Crippen LogP contribution is -2.33. The molecule has 0 aliphatic heterocycles. The lowest BCUT2D eigenvalue weighted by atomic mass is 9.68. The van der Waals surface area contributed by atoms with Crippen LogP contribution in [0.25, 0.3) is 10.9 Å². The summed E-state index contributed by atoms with van der Waals surface area (Å²) >= 11 is 0. The van der Waals surface area contributed by atoms with Crippen molar-refractivity contribution in [3.63, 3.8) is 0 Å². The number of para-hydroxylation sites is 1. The second kappa shape index (κ2) is 4.97. The van der Waals surface area contributed by atoms with Gasteiger partial charge in [-0.05, 0) is 37.3 Å². The van der Waals surface area contributed by atoms with E-state index in [1.54, 1.807) is 0 Å². The Morgan fingerprint density at radius 3 is 2.95 bits per heavy atom. The van der Waals surface area contributed by atoms with Gasteiger partial charge in [-0.25, -0.2) is 0 Å². The van der Waals surface area contributed by atoms with Gasteiger partial charge in [-0.1, -0.05) is 31.5 Å². The van der Waals surface area contributed by atoms with E-state index < -0.39 is 5.97 Å². The van der Waals surface area contributed by atoms with E-state index >= 15 is 0 Å². The van der Waals surface area contributed by atoms with Gasteiger partial charge in [0, 0.05) is 22.0 Å². The molecule has 106 valence electrons. The fourth-order valence-corrected chi connectivity index (χ4v) is 3.92. The third-order valence-electron chi connectivity index (χ3n) is 4.64. The number of H-pyrrole nitrogens is 1. The molecule has 3 rings (SSSR count). The van der Waals surface area contributed by atoms with E-state index in [-0.39, 0.29) is 11.8 Å². The van der Waals surface area contributed by atoms with Crippen molar-refractivity contribution in [2.75, 3.05) is 0 Å². The number of rotatable bonds is 4. The topological polar surface area (TPSA) is 53.1 Å². The van der Waals surface area contributed by atoms with Gasteiger partial charge in [0.2, 0.25) is 0 Å². The predicted octanol–water partition coefficient (Wildman–Crippen LogP) is 4.02. The summed E-state index contributed by atoms with van der Waals surface area (Å²) in [6, 6.07) is 8.32. The normalized spacial score (nSPS) is 21.9. The molecular weight excluding hydrogens is 250 g/mol. The van der Waals surface area contributed by atoms with Gasteiger partial charge in [-0.2, -0.15) is 0 Å². The molecule has 1 aliphatic rings. The number of carboxylic acids is 1. The Kier molecular flexibility index (Phi) is 3.28. The third kappa shape index (κ3) is 2.01. The third-order valence-corrected chi connectivity index (χ3v) is 4.64. The zero-order valence-corrected chi connectivity index (χ0v) is 11.9. The average Bonchev–Trinajstić information content (AvgIpc) is 2.79. The largest absolute Gasteiger partial charge is 0.481 e. The molecule has 1 aromatic carbocycles. The first-order chi connectivity index (χ1) is 9.66. The number of aromatic nitrogens is 1. The van der Waals surface area contributed by atoms with Crippen LogP contribution >= 0.6 is 0 Å². The molecule has 0 saturated heterocycles. The van der Waals surface area contributed by atoms with Crippen LogP contribution in [0.3, 0.4) is 0 Å². The fraction of sp³-hybridized carbons (Fsp3) is 0.471. The van der Waals surface area contributed by atoms with Crippen LogP contribution < -0.4 is 0 Å². The fourth-order valence-electron chi connectivity index (χ4n) is 3.92. The number of aliphatic carboxylic acids is 1. The van der Waals surface area contributed by atoms with Crippen LogP contribution in [0.15, 0.2) is 24.3 Å². The summed E-state index contributed by atoms with van der Waals surface area (Å²) in [5.74, 6) is -0.690. The highest BCUT2D eigenvalue weighted by atomic mass is 16.4. The minimum Gasteiger partial charge on any atom is -0.481 e. The van der Waals surface area contributed by atoms with Gasteiger partial charge in [0.05, 0.1) is 6.42 Å². The standard InChI is InChI=1S/C17H21NO2/c1-2-9-17(11-15(19)20)10-5-7-13-12-6-3-4-8-14(12)18-16(13)17/h3-4,6,8,18H,2,5,7,9-11H2,1H3,(H,19,20)/t17-/m0/s1. The van der Waals surface area contributed by atoms with E-state index in [0.29, 0.717) is 0 Å². The number of carbonyl (C=O) groups is 1. The number of hydrogen-bond donors (Lipinski definition) is 2. The van der Waals surface area contributed by atoms with Gasteiger partial charge in [-0.15, -0.1) is 0 Å². The molecule has 2 N–H and O–H groups in total. The first-order valence-electron chi connectivity index (χ1n) is 7.48. The number of aryl methyl sites for hydroxylation is 1. The number of carboxylic acid groups (broad SMARTS) is 1. The molecule has 0 spiro atoms. The molecule has 1 heterocycles. The zero-order valence-electron chi connectivity index (χ0n) is 11.9. The SMILES string of the molecule is CCC[C@@]1(CC(=O)O)CCCc2c1[nH]c1ccccc21. The van der Waals surface area contributed by atoms with E-state index in [0.717, 1.165) is 37.6 Å². The maximum Gasteiger partial charge on any atom is 0.304 e. The van der Waals surface area contributed by atoms with E-state index in [1.165, 1.54) is 16.6 Å². The van der Waals surface area contributed by atoms with Crippen LogP contribution in [0.5, 0.6) is 0 Å². The van der Waals surface area contributed by atoms with Crippen molar-refractivity contribution in [1.82, 2.24) is 4.98 Å². The monoisotopic (exact) mass is 271 g/mol. The molecule has 0 bridgehead atoms. The Morgan fingerprint density at radius 2 is 2.20 bits per heavy atom. The van der Waals surface area contributed by atoms with Crippen LogP contribution in [0, 0.1) is 0 Å². The first-order valence-corrected chi connectivity index (χ1v) is 7.48.